The second-order valence-electron chi connectivity index (χ2n) is 4.09. The third-order valence-electron chi connectivity index (χ3n) is 2.75. The summed E-state index contributed by atoms with van der Waals surface area (Å²) < 4.78 is 1.82. The van der Waals surface area contributed by atoms with E-state index in [9.17, 15) is 0 Å². The lowest BCUT2D eigenvalue weighted by Gasteiger charge is -2.03. The topological polar surface area (TPSA) is 43.6 Å². The Bertz CT molecular complexity index is 666. The molecule has 0 aliphatic carbocycles. The highest BCUT2D eigenvalue weighted by Crippen LogP contribution is 2.22. The van der Waals surface area contributed by atoms with E-state index in [0.29, 0.717) is 0 Å². The molecule has 0 fully saturated rings. The van der Waals surface area contributed by atoms with Gasteiger partial charge in [-0.3, -0.25) is 0 Å². The second kappa shape index (κ2) is 4.34. The molecule has 0 saturated heterocycles. The molecule has 2 aromatic heterocycles. The van der Waals surface area contributed by atoms with Crippen molar-refractivity contribution in [1.29, 1.82) is 0 Å². The van der Waals surface area contributed by atoms with Gasteiger partial charge in [0.25, 0.3) is 0 Å². The van der Waals surface area contributed by atoms with Crippen molar-refractivity contribution in [3.8, 4) is 16.9 Å². The molecular weight excluding hydrogens is 244 g/mol. The van der Waals surface area contributed by atoms with Gasteiger partial charge in [-0.2, -0.15) is 0 Å². The van der Waals surface area contributed by atoms with Gasteiger partial charge in [0.15, 0.2) is 0 Å². The molecule has 0 saturated carbocycles. The number of benzene rings is 1. The number of thiazole rings is 1. The smallest absolute Gasteiger partial charge is 0.0901 e. The van der Waals surface area contributed by atoms with Crippen molar-refractivity contribution < 1.29 is 0 Å². The van der Waals surface area contributed by atoms with E-state index in [1.165, 1.54) is 0 Å². The van der Waals surface area contributed by atoms with Crippen molar-refractivity contribution in [2.75, 3.05) is 0 Å². The molecule has 0 spiro atoms. The Morgan fingerprint density at radius 3 is 2.44 bits per heavy atom. The minimum absolute atomic E-state index is 1.01. The fourth-order valence-electron chi connectivity index (χ4n) is 1.81. The first-order chi connectivity index (χ1) is 8.74. The van der Waals surface area contributed by atoms with Gasteiger partial charge in [0.2, 0.25) is 0 Å². The van der Waals surface area contributed by atoms with Gasteiger partial charge in [-0.15, -0.1) is 16.4 Å². The first kappa shape index (κ1) is 11.1. The zero-order valence-corrected chi connectivity index (χ0v) is 11.0. The molecule has 2 heterocycles. The average Bonchev–Trinajstić information content (AvgIpc) is 2.98. The van der Waals surface area contributed by atoms with Crippen molar-refractivity contribution in [2.45, 2.75) is 13.8 Å². The molecule has 18 heavy (non-hydrogen) atoms. The second-order valence-corrected chi connectivity index (χ2v) is 5.15. The maximum atomic E-state index is 4.47. The van der Waals surface area contributed by atoms with Crippen LogP contribution in [0.1, 0.15) is 10.7 Å². The van der Waals surface area contributed by atoms with Crippen LogP contribution >= 0.6 is 11.3 Å². The van der Waals surface area contributed by atoms with E-state index in [-0.39, 0.29) is 0 Å². The maximum absolute atomic E-state index is 4.47. The molecule has 0 aliphatic heterocycles. The monoisotopic (exact) mass is 256 g/mol. The summed E-state index contributed by atoms with van der Waals surface area (Å²) in [6.45, 7) is 4.00. The zero-order chi connectivity index (χ0) is 12.5. The molecule has 4 nitrogen and oxygen atoms in total. The van der Waals surface area contributed by atoms with Gasteiger partial charge >= 0.3 is 0 Å². The van der Waals surface area contributed by atoms with Gasteiger partial charge in [0.05, 0.1) is 28.3 Å². The van der Waals surface area contributed by atoms with Crippen LogP contribution in [-0.2, 0) is 0 Å². The number of aryl methyl sites for hydroxylation is 2. The summed E-state index contributed by atoms with van der Waals surface area (Å²) in [5.41, 5.74) is 4.19. The summed E-state index contributed by atoms with van der Waals surface area (Å²) in [7, 11) is 0. The Morgan fingerprint density at radius 1 is 1.11 bits per heavy atom. The van der Waals surface area contributed by atoms with Crippen LogP contribution in [0, 0.1) is 13.8 Å². The molecule has 0 amide bonds. The molecule has 0 bridgehead atoms. The molecule has 0 atom stereocenters. The van der Waals surface area contributed by atoms with Gasteiger partial charge in [0, 0.05) is 10.9 Å². The molecule has 0 radical (unpaired) electrons. The molecular formula is C13H12N4S. The van der Waals surface area contributed by atoms with Crippen LogP contribution in [0.15, 0.2) is 35.8 Å². The van der Waals surface area contributed by atoms with Crippen LogP contribution in [-0.4, -0.2) is 20.0 Å². The Balaban J connectivity index is 1.97. The van der Waals surface area contributed by atoms with E-state index in [0.717, 1.165) is 27.6 Å². The molecule has 0 aliphatic rings. The zero-order valence-electron chi connectivity index (χ0n) is 10.2. The van der Waals surface area contributed by atoms with Crippen LogP contribution in [0.25, 0.3) is 16.9 Å². The summed E-state index contributed by atoms with van der Waals surface area (Å²) in [4.78, 5) is 4.47. The van der Waals surface area contributed by atoms with Crippen LogP contribution < -0.4 is 0 Å². The van der Waals surface area contributed by atoms with Crippen molar-refractivity contribution in [1.82, 2.24) is 20.0 Å². The van der Waals surface area contributed by atoms with Crippen molar-refractivity contribution >= 4 is 11.3 Å². The van der Waals surface area contributed by atoms with E-state index in [1.807, 2.05) is 30.7 Å². The quantitative estimate of drug-likeness (QED) is 0.708. The van der Waals surface area contributed by atoms with Crippen molar-refractivity contribution in [3.63, 3.8) is 0 Å². The van der Waals surface area contributed by atoms with E-state index in [4.69, 9.17) is 0 Å². The third kappa shape index (κ3) is 1.93. The van der Waals surface area contributed by atoms with E-state index in [1.54, 1.807) is 17.5 Å². The Morgan fingerprint density at radius 2 is 1.89 bits per heavy atom. The summed E-state index contributed by atoms with van der Waals surface area (Å²) in [6, 6.07) is 8.19. The van der Waals surface area contributed by atoms with E-state index in [2.05, 4.69) is 32.8 Å². The first-order valence-corrected chi connectivity index (χ1v) is 6.52. The minimum Gasteiger partial charge on any atom is -0.242 e. The number of hydrogen-bond acceptors (Lipinski definition) is 4. The van der Waals surface area contributed by atoms with Gasteiger partial charge in [-0.25, -0.2) is 9.67 Å². The molecule has 3 aromatic rings. The molecule has 0 N–H and O–H groups in total. The molecule has 5 heteroatoms. The predicted molar refractivity (Wildman–Crippen MR) is 71.9 cm³/mol. The minimum atomic E-state index is 1.01. The number of nitrogens with zero attached hydrogens (tertiary/aromatic N) is 4. The number of hydrogen-bond donors (Lipinski definition) is 0. The summed E-state index contributed by atoms with van der Waals surface area (Å²) in [5, 5.41) is 11.1. The van der Waals surface area contributed by atoms with Gasteiger partial charge in [0.1, 0.15) is 0 Å². The van der Waals surface area contributed by atoms with E-state index < -0.39 is 0 Å². The summed E-state index contributed by atoms with van der Waals surface area (Å²) >= 11 is 1.66. The third-order valence-corrected chi connectivity index (χ3v) is 3.52. The molecule has 1 aromatic carbocycles. The maximum Gasteiger partial charge on any atom is 0.0901 e. The molecule has 0 unspecified atom stereocenters. The Hall–Kier alpha value is -2.01. The fourth-order valence-corrected chi connectivity index (χ4v) is 2.43. The SMILES string of the molecule is Cc1nc(-c2ccc(-n3nncc3C)cc2)cs1. The summed E-state index contributed by atoms with van der Waals surface area (Å²) in [6.07, 6.45) is 1.75. The largest absolute Gasteiger partial charge is 0.242 e. The highest BCUT2D eigenvalue weighted by Gasteiger charge is 2.04. The average molecular weight is 256 g/mol. The predicted octanol–water partition coefficient (Wildman–Crippen LogP) is 3.01. The van der Waals surface area contributed by atoms with Gasteiger partial charge in [-0.1, -0.05) is 17.3 Å². The Kier molecular flexibility index (Phi) is 2.68. The van der Waals surface area contributed by atoms with Gasteiger partial charge in [-0.05, 0) is 26.0 Å². The lowest BCUT2D eigenvalue weighted by molar-refractivity contribution is 0.785. The fraction of sp³-hybridized carbons (Fsp3) is 0.154. The van der Waals surface area contributed by atoms with Crippen LogP contribution in [0.3, 0.4) is 0 Å². The lowest BCUT2D eigenvalue weighted by atomic mass is 10.1. The highest BCUT2D eigenvalue weighted by atomic mass is 32.1. The van der Waals surface area contributed by atoms with Crippen molar-refractivity contribution in [2.24, 2.45) is 0 Å². The number of aromatic nitrogens is 4. The number of rotatable bonds is 2. The standard InChI is InChI=1S/C13H12N4S/c1-9-7-14-16-17(9)12-5-3-11(4-6-12)13-8-18-10(2)15-13/h3-8H,1-2H3. The Labute approximate surface area is 109 Å². The first-order valence-electron chi connectivity index (χ1n) is 5.64. The highest BCUT2D eigenvalue weighted by molar-refractivity contribution is 7.09. The van der Waals surface area contributed by atoms with E-state index >= 15 is 0 Å². The molecule has 3 rings (SSSR count). The lowest BCUT2D eigenvalue weighted by Crippen LogP contribution is -1.98. The van der Waals surface area contributed by atoms with Gasteiger partial charge < -0.3 is 0 Å². The van der Waals surface area contributed by atoms with Crippen LogP contribution in [0.5, 0.6) is 0 Å². The molecule has 90 valence electrons. The summed E-state index contributed by atoms with van der Waals surface area (Å²) in [5.74, 6) is 0. The van der Waals surface area contributed by atoms with Crippen LogP contribution in [0.4, 0.5) is 0 Å². The van der Waals surface area contributed by atoms with Crippen LogP contribution in [0.2, 0.25) is 0 Å². The van der Waals surface area contributed by atoms with Crippen molar-refractivity contribution in [3.05, 3.63) is 46.5 Å². The normalized spacial score (nSPS) is 10.8.